The summed E-state index contributed by atoms with van der Waals surface area (Å²) in [5.41, 5.74) is 6.47. The number of hydrogen-bond donors (Lipinski definition) is 2. The van der Waals surface area contributed by atoms with E-state index in [9.17, 15) is 13.6 Å². The van der Waals surface area contributed by atoms with Gasteiger partial charge < -0.3 is 20.7 Å². The number of likely N-dealkylation sites (tertiary alicyclic amines) is 1. The molecule has 2 aliphatic carbocycles. The Bertz CT molecular complexity index is 773. The maximum atomic E-state index is 14.1. The molecular weight excluding hydrogens is 376 g/mol. The van der Waals surface area contributed by atoms with Crippen LogP contribution < -0.4 is 11.1 Å². The molecule has 4 fully saturated rings. The number of rotatable bonds is 4. The van der Waals surface area contributed by atoms with Gasteiger partial charge in [0.25, 0.3) is 0 Å². The maximum Gasteiger partial charge on any atom is 0.225 e. The summed E-state index contributed by atoms with van der Waals surface area (Å²) in [6.07, 6.45) is 4.33. The second kappa shape index (κ2) is 7.60. The number of fused-ring (bicyclic) bond motifs is 1. The van der Waals surface area contributed by atoms with Crippen LogP contribution in [0.15, 0.2) is 18.2 Å². The van der Waals surface area contributed by atoms with E-state index < -0.39 is 17.7 Å². The number of halogens is 2. The summed E-state index contributed by atoms with van der Waals surface area (Å²) in [6.45, 7) is 2.24. The van der Waals surface area contributed by atoms with Crippen LogP contribution in [0.2, 0.25) is 0 Å². The molecule has 2 aliphatic heterocycles. The lowest BCUT2D eigenvalue weighted by atomic mass is 9.93. The molecule has 158 valence electrons. The van der Waals surface area contributed by atoms with Crippen LogP contribution in [0.5, 0.6) is 0 Å². The molecule has 1 aromatic rings. The lowest BCUT2D eigenvalue weighted by molar-refractivity contribution is -0.131. The van der Waals surface area contributed by atoms with Gasteiger partial charge in [-0.05, 0) is 62.1 Å². The highest BCUT2D eigenvalue weighted by Gasteiger charge is 2.45. The standard InChI is InChI=1S/C22H29F2N3O2/c23-15-3-4-19(24)18(7-15)21-20(25)8-17(11-29-21)26-16-5-13-9-27(10-14(13)6-16)22(28)12-1-2-12/h3-4,7,12-14,16-17,20-21,26H,1-2,5-6,8-11,25H2/t13?,14?,16?,17-,20+,21-/m1/s1. The third-order valence-corrected chi connectivity index (χ3v) is 7.15. The quantitative estimate of drug-likeness (QED) is 0.807. The molecule has 0 bridgehead atoms. The van der Waals surface area contributed by atoms with Gasteiger partial charge in [0.05, 0.1) is 6.61 Å². The Kier molecular flexibility index (Phi) is 5.08. The number of carbonyl (C=O) groups is 1. The first kappa shape index (κ1) is 19.4. The van der Waals surface area contributed by atoms with Crippen molar-refractivity contribution >= 4 is 5.91 Å². The summed E-state index contributed by atoms with van der Waals surface area (Å²) >= 11 is 0. The molecule has 4 aliphatic rings. The van der Waals surface area contributed by atoms with Crippen LogP contribution in [0.25, 0.3) is 0 Å². The van der Waals surface area contributed by atoms with Gasteiger partial charge in [-0.1, -0.05) is 0 Å². The predicted octanol–water partition coefficient (Wildman–Crippen LogP) is 2.36. The number of nitrogens with two attached hydrogens (primary N) is 1. The third kappa shape index (κ3) is 3.92. The second-order valence-electron chi connectivity index (χ2n) is 9.39. The highest BCUT2D eigenvalue weighted by molar-refractivity contribution is 5.81. The van der Waals surface area contributed by atoms with Crippen molar-refractivity contribution in [1.29, 1.82) is 0 Å². The van der Waals surface area contributed by atoms with Gasteiger partial charge in [-0.25, -0.2) is 8.78 Å². The largest absolute Gasteiger partial charge is 0.370 e. The molecule has 1 amide bonds. The summed E-state index contributed by atoms with van der Waals surface area (Å²) in [5.74, 6) is 0.882. The van der Waals surface area contributed by atoms with Crippen molar-refractivity contribution in [3.05, 3.63) is 35.4 Å². The van der Waals surface area contributed by atoms with Gasteiger partial charge in [0.15, 0.2) is 0 Å². The summed E-state index contributed by atoms with van der Waals surface area (Å²) in [4.78, 5) is 14.4. The van der Waals surface area contributed by atoms with Crippen LogP contribution in [-0.4, -0.2) is 48.6 Å². The van der Waals surface area contributed by atoms with Crippen molar-refractivity contribution in [3.8, 4) is 0 Å². The van der Waals surface area contributed by atoms with Gasteiger partial charge in [-0.3, -0.25) is 4.79 Å². The van der Waals surface area contributed by atoms with Crippen LogP contribution in [-0.2, 0) is 9.53 Å². The number of nitrogens with zero attached hydrogens (tertiary/aromatic N) is 1. The van der Waals surface area contributed by atoms with E-state index in [0.29, 0.717) is 42.7 Å². The van der Waals surface area contributed by atoms with Crippen molar-refractivity contribution in [1.82, 2.24) is 10.2 Å². The molecule has 5 atom stereocenters. The Morgan fingerprint density at radius 3 is 2.48 bits per heavy atom. The average Bonchev–Trinajstić information content (AvgIpc) is 3.36. The molecule has 5 nitrogen and oxygen atoms in total. The number of amides is 1. The normalized spacial score (nSPS) is 37.0. The van der Waals surface area contributed by atoms with E-state index in [0.717, 1.165) is 50.9 Å². The monoisotopic (exact) mass is 405 g/mol. The van der Waals surface area contributed by atoms with E-state index in [1.165, 1.54) is 6.07 Å². The molecule has 3 N–H and O–H groups in total. The van der Waals surface area contributed by atoms with Gasteiger partial charge in [-0.2, -0.15) is 0 Å². The van der Waals surface area contributed by atoms with E-state index in [1.807, 2.05) is 0 Å². The predicted molar refractivity (Wildman–Crippen MR) is 104 cm³/mol. The number of benzene rings is 1. The average molecular weight is 405 g/mol. The van der Waals surface area contributed by atoms with Crippen LogP contribution in [0, 0.1) is 29.4 Å². The van der Waals surface area contributed by atoms with Crippen LogP contribution >= 0.6 is 0 Å². The molecule has 1 aromatic carbocycles. The fourth-order valence-corrected chi connectivity index (χ4v) is 5.57. The smallest absolute Gasteiger partial charge is 0.225 e. The van der Waals surface area contributed by atoms with Crippen LogP contribution in [0.1, 0.15) is 43.8 Å². The first-order valence-corrected chi connectivity index (χ1v) is 10.8. The third-order valence-electron chi connectivity index (χ3n) is 7.15. The topological polar surface area (TPSA) is 67.6 Å². The zero-order chi connectivity index (χ0) is 20.1. The highest BCUT2D eigenvalue weighted by Crippen LogP contribution is 2.41. The Morgan fingerprint density at radius 1 is 1.10 bits per heavy atom. The molecule has 2 saturated carbocycles. The van der Waals surface area contributed by atoms with Gasteiger partial charge in [0.2, 0.25) is 5.91 Å². The molecule has 0 aromatic heterocycles. The van der Waals surface area contributed by atoms with E-state index >= 15 is 0 Å². The lowest BCUT2D eigenvalue weighted by Gasteiger charge is -2.36. The summed E-state index contributed by atoms with van der Waals surface area (Å²) < 4.78 is 33.5. The van der Waals surface area contributed by atoms with Crippen molar-refractivity contribution in [2.24, 2.45) is 23.5 Å². The SMILES string of the molecule is N[C@H]1C[C@@H](NC2CC3CN(C(=O)C4CC4)CC3C2)CO[C@@H]1c1cc(F)ccc1F. The second-order valence-corrected chi connectivity index (χ2v) is 9.39. The minimum Gasteiger partial charge on any atom is -0.370 e. The highest BCUT2D eigenvalue weighted by atomic mass is 19.1. The van der Waals surface area contributed by atoms with E-state index in [4.69, 9.17) is 10.5 Å². The van der Waals surface area contributed by atoms with Gasteiger partial charge in [0.1, 0.15) is 17.7 Å². The lowest BCUT2D eigenvalue weighted by Crippen LogP contribution is -2.50. The number of hydrogen-bond acceptors (Lipinski definition) is 4. The Morgan fingerprint density at radius 2 is 1.83 bits per heavy atom. The Hall–Kier alpha value is -1.57. The molecule has 5 rings (SSSR count). The summed E-state index contributed by atoms with van der Waals surface area (Å²) in [7, 11) is 0. The molecule has 0 spiro atoms. The van der Waals surface area contributed by atoms with Crippen molar-refractivity contribution in [2.45, 2.75) is 56.3 Å². The molecule has 29 heavy (non-hydrogen) atoms. The zero-order valence-corrected chi connectivity index (χ0v) is 16.5. The maximum absolute atomic E-state index is 14.1. The van der Waals surface area contributed by atoms with Gasteiger partial charge in [-0.15, -0.1) is 0 Å². The molecule has 2 heterocycles. The van der Waals surface area contributed by atoms with Crippen molar-refractivity contribution in [3.63, 3.8) is 0 Å². The first-order valence-electron chi connectivity index (χ1n) is 10.8. The number of nitrogens with one attached hydrogen (secondary N) is 1. The zero-order valence-electron chi connectivity index (χ0n) is 16.5. The minimum absolute atomic E-state index is 0.117. The molecule has 0 radical (unpaired) electrons. The summed E-state index contributed by atoms with van der Waals surface area (Å²) in [6, 6.07) is 3.55. The van der Waals surface area contributed by atoms with Crippen LogP contribution in [0.3, 0.4) is 0 Å². The molecule has 2 saturated heterocycles. The van der Waals surface area contributed by atoms with E-state index in [2.05, 4.69) is 10.2 Å². The van der Waals surface area contributed by atoms with Crippen molar-refractivity contribution < 1.29 is 18.3 Å². The molecule has 2 unspecified atom stereocenters. The van der Waals surface area contributed by atoms with E-state index in [1.54, 1.807) is 0 Å². The Labute approximate surface area is 170 Å². The number of ether oxygens (including phenoxy) is 1. The number of carbonyl (C=O) groups excluding carboxylic acids is 1. The first-order chi connectivity index (χ1) is 14.0. The Balaban J connectivity index is 1.13. The molecule has 7 heteroatoms. The van der Waals surface area contributed by atoms with Crippen LogP contribution in [0.4, 0.5) is 8.78 Å². The summed E-state index contributed by atoms with van der Waals surface area (Å²) in [5, 5.41) is 3.68. The molecular formula is C22H29F2N3O2. The minimum atomic E-state index is -0.617. The van der Waals surface area contributed by atoms with E-state index in [-0.39, 0.29) is 17.6 Å². The van der Waals surface area contributed by atoms with Gasteiger partial charge in [0, 0.05) is 42.7 Å². The van der Waals surface area contributed by atoms with Gasteiger partial charge >= 0.3 is 0 Å². The fraction of sp³-hybridized carbons (Fsp3) is 0.682. The van der Waals surface area contributed by atoms with Crippen molar-refractivity contribution in [2.75, 3.05) is 19.7 Å². The fourth-order valence-electron chi connectivity index (χ4n) is 5.57.